The average molecular weight is 249 g/mol. The smallest absolute Gasteiger partial charge is 0.0952 e. The quantitative estimate of drug-likeness (QED) is 0.711. The fourth-order valence-corrected chi connectivity index (χ4v) is 2.09. The van der Waals surface area contributed by atoms with Crippen molar-refractivity contribution in [3.05, 3.63) is 84.2 Å². The molecule has 0 amide bonds. The minimum atomic E-state index is 0.838. The third-order valence-corrected chi connectivity index (χ3v) is 3.03. The topological polar surface area (TPSA) is 30.7 Å². The summed E-state index contributed by atoms with van der Waals surface area (Å²) < 4.78 is 2.10. The van der Waals surface area contributed by atoms with Gasteiger partial charge in [-0.2, -0.15) is 0 Å². The monoisotopic (exact) mass is 249 g/mol. The van der Waals surface area contributed by atoms with Crippen LogP contribution in [0.3, 0.4) is 0 Å². The van der Waals surface area contributed by atoms with Gasteiger partial charge in [-0.05, 0) is 23.3 Å². The minimum Gasteiger partial charge on any atom is -0.333 e. The molecule has 0 aliphatic carbocycles. The van der Waals surface area contributed by atoms with E-state index in [-0.39, 0.29) is 0 Å². The largest absolute Gasteiger partial charge is 0.333 e. The zero-order valence-electron chi connectivity index (χ0n) is 10.6. The van der Waals surface area contributed by atoms with E-state index in [1.54, 1.807) is 0 Å². The van der Waals surface area contributed by atoms with Crippen LogP contribution in [0.1, 0.15) is 16.8 Å². The molecule has 0 aliphatic heterocycles. The summed E-state index contributed by atoms with van der Waals surface area (Å²) in [5.41, 5.74) is 3.62. The van der Waals surface area contributed by atoms with Crippen molar-refractivity contribution in [2.75, 3.05) is 0 Å². The molecule has 2 aromatic heterocycles. The summed E-state index contributed by atoms with van der Waals surface area (Å²) in [5.74, 6) is 0. The molecule has 0 aliphatic rings. The summed E-state index contributed by atoms with van der Waals surface area (Å²) in [6, 6.07) is 14.5. The molecule has 0 saturated carbocycles. The molecular formula is C16H15N3. The van der Waals surface area contributed by atoms with Crippen LogP contribution in [0.2, 0.25) is 0 Å². The molecule has 94 valence electrons. The van der Waals surface area contributed by atoms with Gasteiger partial charge in [0.15, 0.2) is 0 Å². The normalized spacial score (nSPS) is 10.5. The molecule has 0 unspecified atom stereocenters. The van der Waals surface area contributed by atoms with Crippen molar-refractivity contribution < 1.29 is 0 Å². The number of benzene rings is 1. The third kappa shape index (κ3) is 3.07. The molecule has 3 aromatic rings. The predicted octanol–water partition coefficient (Wildman–Crippen LogP) is 2.92. The van der Waals surface area contributed by atoms with Gasteiger partial charge in [0.25, 0.3) is 0 Å². The van der Waals surface area contributed by atoms with Crippen LogP contribution in [0.25, 0.3) is 0 Å². The van der Waals surface area contributed by atoms with Gasteiger partial charge in [-0.15, -0.1) is 0 Å². The molecule has 0 radical (unpaired) electrons. The fourth-order valence-electron chi connectivity index (χ4n) is 2.09. The molecule has 3 heteroatoms. The Balaban J connectivity index is 1.70. The van der Waals surface area contributed by atoms with Crippen molar-refractivity contribution in [2.24, 2.45) is 0 Å². The molecule has 1 aromatic carbocycles. The van der Waals surface area contributed by atoms with Crippen molar-refractivity contribution in [1.29, 1.82) is 0 Å². The van der Waals surface area contributed by atoms with Crippen LogP contribution in [0, 0.1) is 0 Å². The van der Waals surface area contributed by atoms with E-state index in [9.17, 15) is 0 Å². The van der Waals surface area contributed by atoms with Crippen molar-refractivity contribution >= 4 is 0 Å². The van der Waals surface area contributed by atoms with Crippen molar-refractivity contribution in [2.45, 2.75) is 13.0 Å². The SMILES string of the molecule is c1ccc(Cc2cn(Cc3ccncc3)cn2)cc1. The van der Waals surface area contributed by atoms with Crippen molar-refractivity contribution in [3.63, 3.8) is 0 Å². The minimum absolute atomic E-state index is 0.838. The maximum Gasteiger partial charge on any atom is 0.0952 e. The lowest BCUT2D eigenvalue weighted by atomic mass is 10.1. The van der Waals surface area contributed by atoms with Gasteiger partial charge in [0, 0.05) is 31.6 Å². The zero-order valence-corrected chi connectivity index (χ0v) is 10.6. The molecule has 0 N–H and O–H groups in total. The lowest BCUT2D eigenvalue weighted by molar-refractivity contribution is 0.795. The van der Waals surface area contributed by atoms with Crippen LogP contribution in [0.15, 0.2) is 67.4 Å². The average Bonchev–Trinajstić information content (AvgIpc) is 2.88. The summed E-state index contributed by atoms with van der Waals surface area (Å²) >= 11 is 0. The summed E-state index contributed by atoms with van der Waals surface area (Å²) in [6.45, 7) is 0.838. The number of nitrogens with zero attached hydrogens (tertiary/aromatic N) is 3. The number of rotatable bonds is 4. The van der Waals surface area contributed by atoms with E-state index >= 15 is 0 Å². The highest BCUT2D eigenvalue weighted by Crippen LogP contribution is 2.08. The Kier molecular flexibility index (Phi) is 3.36. The number of pyridine rings is 1. The maximum atomic E-state index is 4.45. The van der Waals surface area contributed by atoms with E-state index in [0.29, 0.717) is 0 Å². The standard InChI is InChI=1S/C16H15N3/c1-2-4-14(5-3-1)10-16-12-19(13-18-16)11-15-6-8-17-9-7-15/h1-9,12-13H,10-11H2. The molecule has 0 saturated heterocycles. The van der Waals surface area contributed by atoms with Crippen molar-refractivity contribution in [1.82, 2.24) is 14.5 Å². The van der Waals surface area contributed by atoms with Crippen LogP contribution >= 0.6 is 0 Å². The first kappa shape index (κ1) is 11.7. The van der Waals surface area contributed by atoms with Gasteiger partial charge in [0.2, 0.25) is 0 Å². The lowest BCUT2D eigenvalue weighted by Gasteiger charge is -2.01. The van der Waals surface area contributed by atoms with Gasteiger partial charge < -0.3 is 4.57 Å². The van der Waals surface area contributed by atoms with Gasteiger partial charge in [0.1, 0.15) is 0 Å². The Morgan fingerprint density at radius 3 is 2.47 bits per heavy atom. The highest BCUT2D eigenvalue weighted by molar-refractivity contribution is 5.20. The van der Waals surface area contributed by atoms with E-state index in [1.807, 2.05) is 36.9 Å². The summed E-state index contributed by atoms with van der Waals surface area (Å²) in [4.78, 5) is 8.48. The van der Waals surface area contributed by atoms with Crippen LogP contribution in [0.5, 0.6) is 0 Å². The molecular weight excluding hydrogens is 234 g/mol. The molecule has 19 heavy (non-hydrogen) atoms. The van der Waals surface area contributed by atoms with E-state index < -0.39 is 0 Å². The Morgan fingerprint density at radius 1 is 0.895 bits per heavy atom. The number of hydrogen-bond acceptors (Lipinski definition) is 2. The highest BCUT2D eigenvalue weighted by atomic mass is 15.0. The molecule has 2 heterocycles. The Labute approximate surface area is 112 Å². The van der Waals surface area contributed by atoms with Gasteiger partial charge in [-0.3, -0.25) is 4.98 Å². The zero-order chi connectivity index (χ0) is 12.9. The first-order valence-corrected chi connectivity index (χ1v) is 6.33. The van der Waals surface area contributed by atoms with Crippen LogP contribution in [-0.4, -0.2) is 14.5 Å². The van der Waals surface area contributed by atoms with Gasteiger partial charge in [0.05, 0.1) is 12.0 Å². The Hall–Kier alpha value is -2.42. The molecule has 0 spiro atoms. The van der Waals surface area contributed by atoms with Gasteiger partial charge in [-0.1, -0.05) is 30.3 Å². The second-order valence-electron chi connectivity index (χ2n) is 4.56. The van der Waals surface area contributed by atoms with Crippen LogP contribution in [-0.2, 0) is 13.0 Å². The summed E-state index contributed by atoms with van der Waals surface area (Å²) in [7, 11) is 0. The fraction of sp³-hybridized carbons (Fsp3) is 0.125. The van der Waals surface area contributed by atoms with E-state index in [4.69, 9.17) is 0 Å². The van der Waals surface area contributed by atoms with E-state index in [2.05, 4.69) is 45.0 Å². The number of aromatic nitrogens is 3. The van der Waals surface area contributed by atoms with Crippen molar-refractivity contribution in [3.8, 4) is 0 Å². The first-order chi connectivity index (χ1) is 9.40. The second-order valence-corrected chi connectivity index (χ2v) is 4.56. The Morgan fingerprint density at radius 2 is 1.68 bits per heavy atom. The van der Waals surface area contributed by atoms with Crippen LogP contribution in [0.4, 0.5) is 0 Å². The van der Waals surface area contributed by atoms with Gasteiger partial charge in [-0.25, -0.2) is 4.98 Å². The van der Waals surface area contributed by atoms with E-state index in [0.717, 1.165) is 18.7 Å². The number of imidazole rings is 1. The molecule has 3 nitrogen and oxygen atoms in total. The lowest BCUT2D eigenvalue weighted by Crippen LogP contribution is -1.96. The first-order valence-electron chi connectivity index (χ1n) is 6.33. The summed E-state index contributed by atoms with van der Waals surface area (Å²) in [5, 5.41) is 0. The third-order valence-electron chi connectivity index (χ3n) is 3.03. The summed E-state index contributed by atoms with van der Waals surface area (Å²) in [6.07, 6.45) is 8.50. The molecule has 0 atom stereocenters. The number of hydrogen-bond donors (Lipinski definition) is 0. The van der Waals surface area contributed by atoms with Crippen LogP contribution < -0.4 is 0 Å². The Bertz CT molecular complexity index is 573. The molecule has 0 fully saturated rings. The predicted molar refractivity (Wildman–Crippen MR) is 74.8 cm³/mol. The second kappa shape index (κ2) is 5.48. The molecule has 3 rings (SSSR count). The van der Waals surface area contributed by atoms with Gasteiger partial charge >= 0.3 is 0 Å². The highest BCUT2D eigenvalue weighted by Gasteiger charge is 2.01. The maximum absolute atomic E-state index is 4.45. The van der Waals surface area contributed by atoms with E-state index in [1.165, 1.54) is 11.1 Å². The molecule has 0 bridgehead atoms.